The average molecular weight is 379 g/mol. The summed E-state index contributed by atoms with van der Waals surface area (Å²) in [6.45, 7) is 2.30. The van der Waals surface area contributed by atoms with Crippen molar-refractivity contribution >= 4 is 23.0 Å². The minimum absolute atomic E-state index is 0.0245. The molecule has 1 aliphatic heterocycles. The minimum Gasteiger partial charge on any atom is -0.372 e. The lowest BCUT2D eigenvalue weighted by Gasteiger charge is -2.28. The van der Waals surface area contributed by atoms with Crippen molar-refractivity contribution in [2.45, 2.75) is 57.4 Å². The zero-order valence-corrected chi connectivity index (χ0v) is 16.5. The smallest absolute Gasteiger partial charge is 0.253 e. The lowest BCUT2D eigenvalue weighted by atomic mass is 9.95. The van der Waals surface area contributed by atoms with E-state index in [1.54, 1.807) is 12.4 Å². The Kier molecular flexibility index (Phi) is 6.10. The lowest BCUT2D eigenvalue weighted by molar-refractivity contribution is 0.0927. The fraction of sp³-hybridized carbons (Fsp3) is 0.478. The summed E-state index contributed by atoms with van der Waals surface area (Å²) < 4.78 is 0. The zero-order valence-electron chi connectivity index (χ0n) is 16.5. The quantitative estimate of drug-likeness (QED) is 0.779. The van der Waals surface area contributed by atoms with E-state index in [1.807, 2.05) is 6.07 Å². The Labute approximate surface area is 167 Å². The zero-order chi connectivity index (χ0) is 19.2. The largest absolute Gasteiger partial charge is 0.372 e. The van der Waals surface area contributed by atoms with Gasteiger partial charge in [0.2, 0.25) is 0 Å². The third-order valence-corrected chi connectivity index (χ3v) is 5.82. The molecule has 1 aromatic heterocycles. The van der Waals surface area contributed by atoms with Gasteiger partial charge in [-0.2, -0.15) is 0 Å². The number of hydrogen-bond acceptors (Lipinski definition) is 4. The summed E-state index contributed by atoms with van der Waals surface area (Å²) in [7, 11) is 0. The molecule has 2 aromatic rings. The van der Waals surface area contributed by atoms with Gasteiger partial charge in [0, 0.05) is 36.7 Å². The number of carbonyl (C=O) groups excluding carboxylic acids is 1. The number of carbonyl (C=O) groups is 1. The Balaban J connectivity index is 1.38. The molecule has 5 nitrogen and oxygen atoms in total. The van der Waals surface area contributed by atoms with Crippen molar-refractivity contribution in [3.05, 3.63) is 48.3 Å². The van der Waals surface area contributed by atoms with E-state index < -0.39 is 0 Å². The highest BCUT2D eigenvalue weighted by atomic mass is 16.1. The maximum Gasteiger partial charge on any atom is 0.253 e. The van der Waals surface area contributed by atoms with Gasteiger partial charge in [-0.25, -0.2) is 0 Å². The fourth-order valence-electron chi connectivity index (χ4n) is 4.22. The van der Waals surface area contributed by atoms with E-state index in [0.29, 0.717) is 11.6 Å². The van der Waals surface area contributed by atoms with E-state index in [9.17, 15) is 4.79 Å². The second-order valence-corrected chi connectivity index (χ2v) is 7.99. The molecule has 1 aromatic carbocycles. The van der Waals surface area contributed by atoms with Crippen LogP contribution in [-0.4, -0.2) is 30.0 Å². The standard InChI is InChI=1S/C23H30N4O/c28-23(26-19-7-3-1-4-8-19)18-15-21(17-24-16-18)25-20-9-11-22(12-10-20)27-13-5-2-6-14-27/h9-12,15-17,19,25H,1-8,13-14H2,(H,26,28). The Morgan fingerprint density at radius 1 is 0.893 bits per heavy atom. The van der Waals surface area contributed by atoms with Crippen LogP contribution in [0, 0.1) is 0 Å². The van der Waals surface area contributed by atoms with Crippen LogP contribution in [0.4, 0.5) is 17.1 Å². The number of pyridine rings is 1. The van der Waals surface area contributed by atoms with Gasteiger partial charge in [0.1, 0.15) is 0 Å². The molecule has 1 aliphatic carbocycles. The van der Waals surface area contributed by atoms with Crippen molar-refractivity contribution in [3.63, 3.8) is 0 Å². The molecule has 5 heteroatoms. The summed E-state index contributed by atoms with van der Waals surface area (Å²) in [5.74, 6) is -0.0245. The van der Waals surface area contributed by atoms with Gasteiger partial charge in [0.25, 0.3) is 5.91 Å². The second-order valence-electron chi connectivity index (χ2n) is 7.99. The summed E-state index contributed by atoms with van der Waals surface area (Å²) >= 11 is 0. The molecule has 2 N–H and O–H groups in total. The number of benzene rings is 1. The van der Waals surface area contributed by atoms with Crippen LogP contribution in [0.25, 0.3) is 0 Å². The van der Waals surface area contributed by atoms with Gasteiger partial charge < -0.3 is 15.5 Å². The molecule has 2 fully saturated rings. The Morgan fingerprint density at radius 3 is 2.36 bits per heavy atom. The predicted octanol–water partition coefficient (Wildman–Crippen LogP) is 4.88. The maximum absolute atomic E-state index is 12.6. The Hall–Kier alpha value is -2.56. The second kappa shape index (κ2) is 9.09. The fourth-order valence-corrected chi connectivity index (χ4v) is 4.22. The summed E-state index contributed by atoms with van der Waals surface area (Å²) in [5, 5.41) is 6.53. The van der Waals surface area contributed by atoms with Crippen LogP contribution in [0.3, 0.4) is 0 Å². The Bertz CT molecular complexity index is 777. The van der Waals surface area contributed by atoms with E-state index in [2.05, 4.69) is 44.8 Å². The van der Waals surface area contributed by atoms with Crippen LogP contribution in [0.2, 0.25) is 0 Å². The van der Waals surface area contributed by atoms with E-state index in [0.717, 1.165) is 37.3 Å². The highest BCUT2D eigenvalue weighted by molar-refractivity contribution is 5.95. The molecule has 1 saturated carbocycles. The summed E-state index contributed by atoms with van der Waals surface area (Å²) in [6, 6.07) is 10.7. The molecule has 0 radical (unpaired) electrons. The van der Waals surface area contributed by atoms with Crippen molar-refractivity contribution in [3.8, 4) is 0 Å². The molecule has 1 amide bonds. The number of amides is 1. The van der Waals surface area contributed by atoms with Crippen LogP contribution in [-0.2, 0) is 0 Å². The topological polar surface area (TPSA) is 57.3 Å². The van der Waals surface area contributed by atoms with E-state index >= 15 is 0 Å². The monoisotopic (exact) mass is 378 g/mol. The predicted molar refractivity (Wildman–Crippen MR) is 114 cm³/mol. The van der Waals surface area contributed by atoms with Crippen molar-refractivity contribution in [1.29, 1.82) is 0 Å². The molecule has 2 heterocycles. The van der Waals surface area contributed by atoms with Crippen molar-refractivity contribution in [1.82, 2.24) is 10.3 Å². The van der Waals surface area contributed by atoms with Gasteiger partial charge in [-0.15, -0.1) is 0 Å². The van der Waals surface area contributed by atoms with E-state index in [1.165, 1.54) is 44.2 Å². The van der Waals surface area contributed by atoms with Gasteiger partial charge in [-0.05, 0) is 62.4 Å². The summed E-state index contributed by atoms with van der Waals surface area (Å²) in [5.41, 5.74) is 3.74. The third kappa shape index (κ3) is 4.83. The SMILES string of the molecule is O=C(NC1CCCCC1)c1cncc(Nc2ccc(N3CCCCC3)cc2)c1. The van der Waals surface area contributed by atoms with E-state index in [-0.39, 0.29) is 5.91 Å². The number of hydrogen-bond donors (Lipinski definition) is 2. The first-order valence-corrected chi connectivity index (χ1v) is 10.7. The first-order valence-electron chi connectivity index (χ1n) is 10.7. The van der Waals surface area contributed by atoms with Gasteiger partial charge in [0.15, 0.2) is 0 Å². The molecule has 2 aliphatic rings. The molecular weight excluding hydrogens is 348 g/mol. The lowest BCUT2D eigenvalue weighted by Crippen LogP contribution is -2.36. The van der Waals surface area contributed by atoms with Crippen molar-refractivity contribution in [2.24, 2.45) is 0 Å². The summed E-state index contributed by atoms with van der Waals surface area (Å²) in [6.07, 6.45) is 13.2. The van der Waals surface area contributed by atoms with Gasteiger partial charge >= 0.3 is 0 Å². The number of anilines is 3. The van der Waals surface area contributed by atoms with Gasteiger partial charge in [-0.3, -0.25) is 9.78 Å². The molecule has 0 spiro atoms. The third-order valence-electron chi connectivity index (χ3n) is 5.82. The van der Waals surface area contributed by atoms with Crippen LogP contribution in [0.1, 0.15) is 61.7 Å². The molecule has 1 saturated heterocycles. The van der Waals surface area contributed by atoms with E-state index in [4.69, 9.17) is 0 Å². The number of rotatable bonds is 5. The molecule has 0 unspecified atom stereocenters. The minimum atomic E-state index is -0.0245. The Morgan fingerprint density at radius 2 is 1.61 bits per heavy atom. The molecule has 0 bridgehead atoms. The van der Waals surface area contributed by atoms with Crippen molar-refractivity contribution in [2.75, 3.05) is 23.3 Å². The highest BCUT2D eigenvalue weighted by Crippen LogP contribution is 2.24. The first kappa shape index (κ1) is 18.8. The van der Waals surface area contributed by atoms with Crippen LogP contribution < -0.4 is 15.5 Å². The molecule has 0 atom stereocenters. The highest BCUT2D eigenvalue weighted by Gasteiger charge is 2.17. The molecular formula is C23H30N4O. The van der Waals surface area contributed by atoms with Crippen LogP contribution in [0.15, 0.2) is 42.7 Å². The summed E-state index contributed by atoms with van der Waals surface area (Å²) in [4.78, 5) is 19.3. The normalized spacial score (nSPS) is 17.9. The molecule has 28 heavy (non-hydrogen) atoms. The van der Waals surface area contributed by atoms with Crippen LogP contribution >= 0.6 is 0 Å². The maximum atomic E-state index is 12.6. The number of aromatic nitrogens is 1. The average Bonchev–Trinajstić information content (AvgIpc) is 2.76. The number of nitrogens with one attached hydrogen (secondary N) is 2. The molecule has 4 rings (SSSR count). The number of piperidine rings is 1. The van der Waals surface area contributed by atoms with Gasteiger partial charge in [-0.1, -0.05) is 19.3 Å². The van der Waals surface area contributed by atoms with Crippen LogP contribution in [0.5, 0.6) is 0 Å². The first-order chi connectivity index (χ1) is 13.8. The number of nitrogens with zero attached hydrogens (tertiary/aromatic N) is 2. The van der Waals surface area contributed by atoms with Crippen molar-refractivity contribution < 1.29 is 4.79 Å². The van der Waals surface area contributed by atoms with Gasteiger partial charge in [0.05, 0.1) is 17.4 Å². The molecule has 148 valence electrons.